The molecule has 0 aliphatic carbocycles. The van der Waals surface area contributed by atoms with Gasteiger partial charge in [-0.25, -0.2) is 13.1 Å². The van der Waals surface area contributed by atoms with Gasteiger partial charge in [-0.1, -0.05) is 12.1 Å². The summed E-state index contributed by atoms with van der Waals surface area (Å²) < 4.78 is 27.1. The molecule has 5 nitrogen and oxygen atoms in total. The lowest BCUT2D eigenvalue weighted by atomic mass is 10.1. The zero-order valence-corrected chi connectivity index (χ0v) is 12.9. The monoisotopic (exact) mass is 305 g/mol. The highest BCUT2D eigenvalue weighted by atomic mass is 32.2. The van der Waals surface area contributed by atoms with Crippen LogP contribution in [0.3, 0.4) is 0 Å². The van der Waals surface area contributed by atoms with E-state index in [9.17, 15) is 8.42 Å². The van der Waals surface area contributed by atoms with Crippen LogP contribution in [0.15, 0.2) is 41.3 Å². The molecule has 6 heteroatoms. The van der Waals surface area contributed by atoms with E-state index in [4.69, 9.17) is 5.73 Å². The number of hydrogen-bond donors (Lipinski definition) is 2. The van der Waals surface area contributed by atoms with Crippen molar-refractivity contribution in [3.8, 4) is 0 Å². The largest absolute Gasteiger partial charge is 0.326 e. The Balaban J connectivity index is 2.17. The van der Waals surface area contributed by atoms with Gasteiger partial charge >= 0.3 is 0 Å². The topological polar surface area (TPSA) is 85.1 Å². The van der Waals surface area contributed by atoms with Crippen LogP contribution in [0, 0.1) is 13.8 Å². The average molecular weight is 305 g/mol. The summed E-state index contributed by atoms with van der Waals surface area (Å²) in [4.78, 5) is 4.51. The van der Waals surface area contributed by atoms with Gasteiger partial charge in [0.1, 0.15) is 0 Å². The number of rotatable bonds is 5. The molecule has 3 N–H and O–H groups in total. The van der Waals surface area contributed by atoms with Crippen LogP contribution in [-0.4, -0.2) is 13.4 Å². The third-order valence-corrected chi connectivity index (χ3v) is 4.63. The van der Waals surface area contributed by atoms with Crippen molar-refractivity contribution in [1.82, 2.24) is 9.71 Å². The summed E-state index contributed by atoms with van der Waals surface area (Å²) >= 11 is 0. The standard InChI is InChI=1S/C15H19N3O2S/c1-11-8-15(7-6-13(11)9-16)21(19,20)17-10-14-5-3-4-12(2)18-14/h3-8,17H,9-10,16H2,1-2H3. The van der Waals surface area contributed by atoms with Crippen molar-refractivity contribution in [3.05, 3.63) is 58.9 Å². The first-order valence-electron chi connectivity index (χ1n) is 6.64. The van der Waals surface area contributed by atoms with Crippen molar-refractivity contribution in [2.24, 2.45) is 5.73 Å². The molecule has 0 saturated carbocycles. The third kappa shape index (κ3) is 3.87. The minimum atomic E-state index is -3.55. The molecule has 2 aromatic rings. The first-order valence-corrected chi connectivity index (χ1v) is 8.12. The van der Waals surface area contributed by atoms with Crippen molar-refractivity contribution in [1.29, 1.82) is 0 Å². The number of aryl methyl sites for hydroxylation is 2. The van der Waals surface area contributed by atoms with Crippen molar-refractivity contribution in [2.75, 3.05) is 0 Å². The third-order valence-electron chi connectivity index (χ3n) is 3.23. The number of pyridine rings is 1. The molecule has 0 fully saturated rings. The lowest BCUT2D eigenvalue weighted by Crippen LogP contribution is -2.24. The van der Waals surface area contributed by atoms with Crippen LogP contribution in [0.2, 0.25) is 0 Å². The van der Waals surface area contributed by atoms with E-state index in [1.807, 2.05) is 26.0 Å². The number of sulfonamides is 1. The van der Waals surface area contributed by atoms with Crippen LogP contribution < -0.4 is 10.5 Å². The maximum Gasteiger partial charge on any atom is 0.240 e. The van der Waals surface area contributed by atoms with Crippen LogP contribution in [0.5, 0.6) is 0 Å². The zero-order chi connectivity index (χ0) is 15.5. The molecular weight excluding hydrogens is 286 g/mol. The molecule has 1 aromatic carbocycles. The molecular formula is C15H19N3O2S. The Morgan fingerprint density at radius 3 is 2.57 bits per heavy atom. The molecule has 0 aliphatic heterocycles. The molecule has 0 atom stereocenters. The number of nitrogens with one attached hydrogen (secondary N) is 1. The first kappa shape index (κ1) is 15.6. The van der Waals surface area contributed by atoms with Gasteiger partial charge in [0.25, 0.3) is 0 Å². The van der Waals surface area contributed by atoms with Crippen molar-refractivity contribution >= 4 is 10.0 Å². The van der Waals surface area contributed by atoms with Gasteiger partial charge in [0.15, 0.2) is 0 Å². The Morgan fingerprint density at radius 1 is 1.19 bits per heavy atom. The highest BCUT2D eigenvalue weighted by molar-refractivity contribution is 7.89. The summed E-state index contributed by atoms with van der Waals surface area (Å²) in [5, 5.41) is 0. The van der Waals surface area contributed by atoms with Crippen molar-refractivity contribution in [3.63, 3.8) is 0 Å². The lowest BCUT2D eigenvalue weighted by Gasteiger charge is -2.09. The molecule has 1 heterocycles. The van der Waals surface area contributed by atoms with Gasteiger partial charge in [-0.15, -0.1) is 0 Å². The zero-order valence-electron chi connectivity index (χ0n) is 12.1. The molecule has 0 amide bonds. The molecule has 112 valence electrons. The second-order valence-corrected chi connectivity index (χ2v) is 6.65. The number of aromatic nitrogens is 1. The Hall–Kier alpha value is -1.76. The summed E-state index contributed by atoms with van der Waals surface area (Å²) in [5.41, 5.74) is 8.94. The Morgan fingerprint density at radius 2 is 1.95 bits per heavy atom. The normalized spacial score (nSPS) is 11.6. The minimum Gasteiger partial charge on any atom is -0.326 e. The molecule has 0 spiro atoms. The number of nitrogens with two attached hydrogens (primary N) is 1. The summed E-state index contributed by atoms with van der Waals surface area (Å²) in [7, 11) is -3.55. The second kappa shape index (κ2) is 6.34. The van der Waals surface area contributed by atoms with E-state index in [0.717, 1.165) is 16.8 Å². The molecule has 0 bridgehead atoms. The predicted octanol–water partition coefficient (Wildman–Crippen LogP) is 1.64. The van der Waals surface area contributed by atoms with Crippen molar-refractivity contribution in [2.45, 2.75) is 31.8 Å². The maximum atomic E-state index is 12.3. The molecule has 0 radical (unpaired) electrons. The van der Waals surface area contributed by atoms with Crippen LogP contribution in [-0.2, 0) is 23.1 Å². The van der Waals surface area contributed by atoms with E-state index < -0.39 is 10.0 Å². The number of benzene rings is 1. The fourth-order valence-electron chi connectivity index (χ4n) is 2.01. The Labute approximate surface area is 125 Å². The molecule has 21 heavy (non-hydrogen) atoms. The maximum absolute atomic E-state index is 12.3. The van der Waals surface area contributed by atoms with E-state index in [1.54, 1.807) is 24.3 Å². The van der Waals surface area contributed by atoms with E-state index >= 15 is 0 Å². The van der Waals surface area contributed by atoms with E-state index in [2.05, 4.69) is 9.71 Å². The van der Waals surface area contributed by atoms with Gasteiger partial charge in [0.05, 0.1) is 17.1 Å². The van der Waals surface area contributed by atoms with E-state index in [0.29, 0.717) is 12.2 Å². The highest BCUT2D eigenvalue weighted by Gasteiger charge is 2.15. The minimum absolute atomic E-state index is 0.168. The summed E-state index contributed by atoms with van der Waals surface area (Å²) in [6, 6.07) is 10.5. The lowest BCUT2D eigenvalue weighted by molar-refractivity contribution is 0.580. The fraction of sp³-hybridized carbons (Fsp3) is 0.267. The van der Waals surface area contributed by atoms with Gasteiger partial charge < -0.3 is 5.73 Å². The first-order chi connectivity index (χ1) is 9.92. The van der Waals surface area contributed by atoms with Gasteiger partial charge in [-0.05, 0) is 49.2 Å². The van der Waals surface area contributed by atoms with Gasteiger partial charge in [0.2, 0.25) is 10.0 Å². The van der Waals surface area contributed by atoms with E-state index in [1.165, 1.54) is 0 Å². The molecule has 0 aliphatic rings. The highest BCUT2D eigenvalue weighted by Crippen LogP contribution is 2.15. The average Bonchev–Trinajstić information content (AvgIpc) is 2.45. The predicted molar refractivity (Wildman–Crippen MR) is 82.1 cm³/mol. The molecule has 0 unspecified atom stereocenters. The summed E-state index contributed by atoms with van der Waals surface area (Å²) in [6.07, 6.45) is 0. The van der Waals surface area contributed by atoms with Crippen LogP contribution in [0.1, 0.15) is 22.5 Å². The number of hydrogen-bond acceptors (Lipinski definition) is 4. The molecule has 0 saturated heterocycles. The summed E-state index contributed by atoms with van der Waals surface area (Å²) in [6.45, 7) is 4.28. The Bertz CT molecular complexity index is 742. The second-order valence-electron chi connectivity index (χ2n) is 4.89. The van der Waals surface area contributed by atoms with Crippen LogP contribution in [0.25, 0.3) is 0 Å². The van der Waals surface area contributed by atoms with Crippen molar-refractivity contribution < 1.29 is 8.42 Å². The van der Waals surface area contributed by atoms with Gasteiger partial charge in [-0.3, -0.25) is 4.98 Å². The van der Waals surface area contributed by atoms with E-state index in [-0.39, 0.29) is 11.4 Å². The SMILES string of the molecule is Cc1cccc(CNS(=O)(=O)c2ccc(CN)c(C)c2)n1. The van der Waals surface area contributed by atoms with Crippen LogP contribution >= 0.6 is 0 Å². The summed E-state index contributed by atoms with van der Waals surface area (Å²) in [5.74, 6) is 0. The molecule has 2 rings (SSSR count). The van der Waals surface area contributed by atoms with Crippen LogP contribution in [0.4, 0.5) is 0 Å². The fourth-order valence-corrected chi connectivity index (χ4v) is 3.10. The molecule has 1 aromatic heterocycles. The van der Waals surface area contributed by atoms with Gasteiger partial charge in [-0.2, -0.15) is 0 Å². The van der Waals surface area contributed by atoms with Gasteiger partial charge in [0, 0.05) is 12.2 Å². The smallest absolute Gasteiger partial charge is 0.240 e. The quantitative estimate of drug-likeness (QED) is 0.879. The Kier molecular flexibility index (Phi) is 4.72. The number of nitrogens with zero attached hydrogens (tertiary/aromatic N) is 1.